The van der Waals surface area contributed by atoms with Crippen molar-refractivity contribution in [2.24, 2.45) is 11.1 Å². The van der Waals surface area contributed by atoms with Gasteiger partial charge in [-0.3, -0.25) is 4.79 Å². The molecule has 0 aromatic carbocycles. The van der Waals surface area contributed by atoms with Gasteiger partial charge in [0.05, 0.1) is 0 Å². The fourth-order valence-electron chi connectivity index (χ4n) is 2.53. The van der Waals surface area contributed by atoms with Crippen LogP contribution in [0.3, 0.4) is 0 Å². The third-order valence-corrected chi connectivity index (χ3v) is 7.89. The van der Waals surface area contributed by atoms with Crippen molar-refractivity contribution < 1.29 is 13.2 Å². The zero-order valence-electron chi connectivity index (χ0n) is 14.7. The average Bonchev–Trinajstić information content (AvgIpc) is 3.05. The predicted molar refractivity (Wildman–Crippen MR) is 107 cm³/mol. The van der Waals surface area contributed by atoms with Crippen LogP contribution in [-0.4, -0.2) is 68.3 Å². The molecule has 25 heavy (non-hydrogen) atoms. The Kier molecular flexibility index (Phi) is 8.23. The largest absolute Gasteiger partial charge is 0.340 e. The second kappa shape index (κ2) is 9.05. The lowest BCUT2D eigenvalue weighted by molar-refractivity contribution is 0.0742. The molecule has 2 heterocycles. The van der Waals surface area contributed by atoms with E-state index in [1.54, 1.807) is 29.1 Å². The number of nitrogens with zero attached hydrogens (tertiary/aromatic N) is 2. The summed E-state index contributed by atoms with van der Waals surface area (Å²) in [6, 6.07) is 1.54. The van der Waals surface area contributed by atoms with Crippen LogP contribution < -0.4 is 5.73 Å². The first-order chi connectivity index (χ1) is 11.2. The fourth-order valence-corrected chi connectivity index (χ4v) is 6.50. The van der Waals surface area contributed by atoms with Crippen molar-refractivity contribution in [1.29, 1.82) is 0 Å². The molecule has 1 saturated heterocycles. The second-order valence-corrected chi connectivity index (χ2v) is 10.7. The van der Waals surface area contributed by atoms with E-state index in [0.717, 1.165) is 11.5 Å². The summed E-state index contributed by atoms with van der Waals surface area (Å²) in [7, 11) is -1.93. The third-order valence-electron chi connectivity index (χ3n) is 3.98. The van der Waals surface area contributed by atoms with Gasteiger partial charge < -0.3 is 10.6 Å². The molecule has 1 amide bonds. The Morgan fingerprint density at radius 3 is 2.52 bits per heavy atom. The van der Waals surface area contributed by atoms with Crippen LogP contribution in [0.25, 0.3) is 0 Å². The Morgan fingerprint density at radius 2 is 1.96 bits per heavy atom. The molecule has 0 spiro atoms. The van der Waals surface area contributed by atoms with Gasteiger partial charge in [-0.2, -0.15) is 16.1 Å². The molecule has 0 radical (unpaired) electrons. The molecule has 1 aliphatic rings. The highest BCUT2D eigenvalue weighted by atomic mass is 35.5. The molecule has 2 rings (SSSR count). The van der Waals surface area contributed by atoms with Crippen molar-refractivity contribution in [3.63, 3.8) is 0 Å². The van der Waals surface area contributed by atoms with Crippen LogP contribution in [0.15, 0.2) is 16.3 Å². The SMILES string of the molecule is CN(CC(C)(C)CN)C(=O)c1sccc1S(=O)(=O)N1CCSCC1.Cl. The first kappa shape index (κ1) is 22.7. The fraction of sp³-hybridized carbons (Fsp3) is 0.667. The van der Waals surface area contributed by atoms with E-state index in [9.17, 15) is 13.2 Å². The zero-order valence-corrected chi connectivity index (χ0v) is 18.0. The minimum absolute atomic E-state index is 0. The van der Waals surface area contributed by atoms with Crippen LogP contribution in [0.1, 0.15) is 23.5 Å². The number of hydrogen-bond acceptors (Lipinski definition) is 6. The van der Waals surface area contributed by atoms with Crippen LogP contribution in [0.4, 0.5) is 0 Å². The molecule has 0 atom stereocenters. The molecule has 0 aliphatic carbocycles. The van der Waals surface area contributed by atoms with Crippen LogP contribution in [-0.2, 0) is 10.0 Å². The molecule has 1 fully saturated rings. The highest BCUT2D eigenvalue weighted by molar-refractivity contribution is 7.99. The third kappa shape index (κ3) is 5.33. The van der Waals surface area contributed by atoms with Crippen LogP contribution >= 0.6 is 35.5 Å². The lowest BCUT2D eigenvalue weighted by atomic mass is 9.93. The summed E-state index contributed by atoms with van der Waals surface area (Å²) in [6.45, 7) is 5.87. The molecule has 6 nitrogen and oxygen atoms in total. The summed E-state index contributed by atoms with van der Waals surface area (Å²) >= 11 is 2.92. The van der Waals surface area contributed by atoms with E-state index in [0.29, 0.717) is 26.2 Å². The molecule has 1 aliphatic heterocycles. The molecular weight excluding hydrogens is 402 g/mol. The number of rotatable bonds is 6. The highest BCUT2D eigenvalue weighted by Gasteiger charge is 2.32. The van der Waals surface area contributed by atoms with Crippen molar-refractivity contribution in [3.05, 3.63) is 16.3 Å². The van der Waals surface area contributed by atoms with Gasteiger partial charge in [0.25, 0.3) is 5.91 Å². The topological polar surface area (TPSA) is 83.7 Å². The van der Waals surface area contributed by atoms with Crippen LogP contribution in [0.5, 0.6) is 0 Å². The summed E-state index contributed by atoms with van der Waals surface area (Å²) in [5, 5.41) is 1.67. The van der Waals surface area contributed by atoms with Crippen molar-refractivity contribution in [1.82, 2.24) is 9.21 Å². The van der Waals surface area contributed by atoms with Crippen molar-refractivity contribution in [2.75, 3.05) is 44.7 Å². The number of thiophene rings is 1. The molecular formula is C15H26ClN3O3S3. The van der Waals surface area contributed by atoms with Gasteiger partial charge in [-0.15, -0.1) is 23.7 Å². The van der Waals surface area contributed by atoms with Gasteiger partial charge in [-0.1, -0.05) is 13.8 Å². The Bertz CT molecular complexity index is 685. The number of hydrogen-bond donors (Lipinski definition) is 1. The number of carbonyl (C=O) groups is 1. The van der Waals surface area contributed by atoms with E-state index >= 15 is 0 Å². The number of carbonyl (C=O) groups excluding carboxylic acids is 1. The Morgan fingerprint density at radius 1 is 1.36 bits per heavy atom. The summed E-state index contributed by atoms with van der Waals surface area (Å²) in [4.78, 5) is 14.7. The summed E-state index contributed by atoms with van der Waals surface area (Å²) in [5.41, 5.74) is 5.51. The average molecular weight is 428 g/mol. The Balaban J connectivity index is 0.00000312. The number of sulfonamides is 1. The maximum Gasteiger partial charge on any atom is 0.265 e. The summed E-state index contributed by atoms with van der Waals surface area (Å²) in [5.74, 6) is 1.31. The van der Waals surface area contributed by atoms with Crippen LogP contribution in [0, 0.1) is 5.41 Å². The quantitative estimate of drug-likeness (QED) is 0.750. The van der Waals surface area contributed by atoms with Crippen LogP contribution in [0.2, 0.25) is 0 Å². The molecule has 0 bridgehead atoms. The van der Waals surface area contributed by atoms with Gasteiger partial charge in [-0.05, 0) is 23.4 Å². The monoisotopic (exact) mass is 427 g/mol. The van der Waals surface area contributed by atoms with E-state index in [1.165, 1.54) is 21.7 Å². The molecule has 1 aromatic heterocycles. The Labute approximate surface area is 164 Å². The van der Waals surface area contributed by atoms with Crippen molar-refractivity contribution >= 4 is 51.4 Å². The normalized spacial score (nSPS) is 16.3. The number of amides is 1. The molecule has 144 valence electrons. The van der Waals surface area contributed by atoms with Gasteiger partial charge in [0.2, 0.25) is 10.0 Å². The van der Waals surface area contributed by atoms with E-state index in [2.05, 4.69) is 0 Å². The van der Waals surface area contributed by atoms with E-state index < -0.39 is 10.0 Å². The van der Waals surface area contributed by atoms with Gasteiger partial charge >= 0.3 is 0 Å². The van der Waals surface area contributed by atoms with E-state index in [1.807, 2.05) is 13.8 Å². The Hall–Kier alpha value is -0.320. The van der Waals surface area contributed by atoms with E-state index in [4.69, 9.17) is 5.73 Å². The summed E-state index contributed by atoms with van der Waals surface area (Å²) < 4.78 is 27.2. The molecule has 1 aromatic rings. The lowest BCUT2D eigenvalue weighted by Gasteiger charge is -2.29. The molecule has 0 unspecified atom stereocenters. The highest BCUT2D eigenvalue weighted by Crippen LogP contribution is 2.28. The standard InChI is InChI=1S/C15H25N3O3S3.ClH/c1-15(2,10-16)11-17(3)14(19)13-12(4-7-23-13)24(20,21)18-5-8-22-9-6-18;/h4,7H,5-6,8-11,16H2,1-3H3;1H. The molecule has 10 heteroatoms. The molecule has 0 saturated carbocycles. The zero-order chi connectivity index (χ0) is 18.0. The van der Waals surface area contributed by atoms with Crippen molar-refractivity contribution in [3.8, 4) is 0 Å². The predicted octanol–water partition coefficient (Wildman–Crippen LogP) is 1.96. The second-order valence-electron chi connectivity index (χ2n) is 6.66. The first-order valence-corrected chi connectivity index (χ1v) is 11.3. The lowest BCUT2D eigenvalue weighted by Crippen LogP contribution is -2.41. The van der Waals surface area contributed by atoms with Gasteiger partial charge in [0, 0.05) is 38.2 Å². The van der Waals surface area contributed by atoms with Crippen molar-refractivity contribution in [2.45, 2.75) is 18.7 Å². The van der Waals surface area contributed by atoms with E-state index in [-0.39, 0.29) is 33.5 Å². The van der Waals surface area contributed by atoms with Gasteiger partial charge in [-0.25, -0.2) is 8.42 Å². The summed E-state index contributed by atoms with van der Waals surface area (Å²) in [6.07, 6.45) is 0. The van der Waals surface area contributed by atoms with Gasteiger partial charge in [0.15, 0.2) is 0 Å². The smallest absolute Gasteiger partial charge is 0.265 e. The minimum Gasteiger partial charge on any atom is -0.340 e. The number of nitrogens with two attached hydrogens (primary N) is 1. The van der Waals surface area contributed by atoms with Gasteiger partial charge in [0.1, 0.15) is 9.77 Å². The minimum atomic E-state index is -3.62. The number of halogens is 1. The number of thioether (sulfide) groups is 1. The maximum atomic E-state index is 12.9. The first-order valence-electron chi connectivity index (χ1n) is 7.80. The maximum absolute atomic E-state index is 12.9. The molecule has 2 N–H and O–H groups in total.